The number of hydrogen-bond acceptors (Lipinski definition) is 5. The third-order valence-electron chi connectivity index (χ3n) is 1.77. The minimum Gasteiger partial charge on any atom is -0.208 e. The minimum absolute atomic E-state index is 1.15. The van der Waals surface area contributed by atoms with E-state index in [1.165, 1.54) is 9.09 Å². The summed E-state index contributed by atoms with van der Waals surface area (Å²) in [5.74, 6) is 0. The number of nitrogens with zero attached hydrogens (tertiary/aromatic N) is 4. The maximum absolute atomic E-state index is 4.22. The Hall–Kier alpha value is -1.14. The molecule has 0 radical (unpaired) electrons. The number of hydrogen-bond donors (Lipinski definition) is 0. The number of aromatic nitrogens is 3. The summed E-state index contributed by atoms with van der Waals surface area (Å²) in [4.78, 5) is 1.30. The van der Waals surface area contributed by atoms with Gasteiger partial charge in [-0.1, -0.05) is 0 Å². The maximum atomic E-state index is 4.22. The first-order valence-corrected chi connectivity index (χ1v) is 6.37. The zero-order chi connectivity index (χ0) is 10.7. The molecule has 78 valence electrons. The van der Waals surface area contributed by atoms with Crippen LogP contribution in [0.5, 0.6) is 0 Å². The van der Waals surface area contributed by atoms with Gasteiger partial charge >= 0.3 is 0 Å². The lowest BCUT2D eigenvalue weighted by molar-refractivity contribution is 0.878. The van der Waals surface area contributed by atoms with Crippen LogP contribution in [0, 0.1) is 6.92 Å². The van der Waals surface area contributed by atoms with E-state index in [0.29, 0.717) is 0 Å². The lowest BCUT2D eigenvalue weighted by Crippen LogP contribution is -1.86. The molecule has 2 aromatic heterocycles. The highest BCUT2D eigenvalue weighted by Crippen LogP contribution is 2.28. The highest BCUT2D eigenvalue weighted by Gasteiger charge is 2.03. The van der Waals surface area contributed by atoms with E-state index in [4.69, 9.17) is 0 Å². The fourth-order valence-electron chi connectivity index (χ4n) is 1.15. The third-order valence-corrected chi connectivity index (χ3v) is 3.99. The second-order valence-corrected chi connectivity index (χ2v) is 5.22. The fourth-order valence-corrected chi connectivity index (χ4v) is 2.93. The third kappa shape index (κ3) is 2.45. The van der Waals surface area contributed by atoms with Crippen LogP contribution in [0.1, 0.15) is 10.4 Å². The molecule has 2 rings (SSSR count). The molecule has 0 unspecified atom stereocenters. The standard InChI is InChI=1S/C9H10N4S2/c1-7-3-8(9(14-2)15-7)4-12-13-5-10-11-6-13/h3-6H,1-2H3/b12-4-. The van der Waals surface area contributed by atoms with Crippen molar-refractivity contribution in [3.8, 4) is 0 Å². The molecule has 0 aliphatic carbocycles. The topological polar surface area (TPSA) is 43.1 Å². The molecule has 0 N–H and O–H groups in total. The first-order valence-electron chi connectivity index (χ1n) is 4.33. The monoisotopic (exact) mass is 238 g/mol. The Labute approximate surface area is 96.0 Å². The summed E-state index contributed by atoms with van der Waals surface area (Å²) < 4.78 is 2.86. The zero-order valence-corrected chi connectivity index (χ0v) is 10.0. The van der Waals surface area contributed by atoms with E-state index in [0.717, 1.165) is 5.56 Å². The predicted octanol–water partition coefficient (Wildman–Crippen LogP) is 2.25. The van der Waals surface area contributed by atoms with Gasteiger partial charge in [-0.05, 0) is 19.2 Å². The number of rotatable bonds is 3. The molecular weight excluding hydrogens is 228 g/mol. The summed E-state index contributed by atoms with van der Waals surface area (Å²) >= 11 is 3.52. The van der Waals surface area contributed by atoms with Crippen LogP contribution in [0.2, 0.25) is 0 Å². The van der Waals surface area contributed by atoms with Gasteiger partial charge in [0.1, 0.15) is 12.7 Å². The van der Waals surface area contributed by atoms with Gasteiger partial charge in [-0.3, -0.25) is 0 Å². The Morgan fingerprint density at radius 2 is 2.20 bits per heavy atom. The largest absolute Gasteiger partial charge is 0.208 e. The molecule has 0 aliphatic rings. The summed E-state index contributed by atoms with van der Waals surface area (Å²) in [6, 6.07) is 2.13. The summed E-state index contributed by atoms with van der Waals surface area (Å²) in [5, 5.41) is 11.6. The minimum atomic E-state index is 1.15. The zero-order valence-electron chi connectivity index (χ0n) is 8.41. The van der Waals surface area contributed by atoms with Gasteiger partial charge in [-0.25, -0.2) is 4.68 Å². The highest BCUT2D eigenvalue weighted by molar-refractivity contribution is 8.00. The predicted molar refractivity (Wildman–Crippen MR) is 63.9 cm³/mol. The Bertz CT molecular complexity index is 458. The SMILES string of the molecule is CSc1sc(C)cc1/C=N\n1cnnc1. The fraction of sp³-hybridized carbons (Fsp3) is 0.222. The van der Waals surface area contributed by atoms with E-state index >= 15 is 0 Å². The Kier molecular flexibility index (Phi) is 3.17. The van der Waals surface area contributed by atoms with Crippen molar-refractivity contribution in [3.63, 3.8) is 0 Å². The Morgan fingerprint density at radius 3 is 2.87 bits per heavy atom. The van der Waals surface area contributed by atoms with Crippen molar-refractivity contribution in [1.82, 2.24) is 14.9 Å². The van der Waals surface area contributed by atoms with Crippen LogP contribution in [0.3, 0.4) is 0 Å². The van der Waals surface area contributed by atoms with Gasteiger partial charge in [0.25, 0.3) is 0 Å². The molecule has 0 atom stereocenters. The lowest BCUT2D eigenvalue weighted by atomic mass is 10.3. The van der Waals surface area contributed by atoms with Crippen molar-refractivity contribution in [1.29, 1.82) is 0 Å². The molecule has 0 bridgehead atoms. The first-order chi connectivity index (χ1) is 7.29. The molecule has 6 heteroatoms. The van der Waals surface area contributed by atoms with Gasteiger partial charge in [0.15, 0.2) is 0 Å². The van der Waals surface area contributed by atoms with E-state index in [-0.39, 0.29) is 0 Å². The molecule has 0 aromatic carbocycles. The van der Waals surface area contributed by atoms with Crippen LogP contribution >= 0.6 is 23.1 Å². The average Bonchev–Trinajstić information content (AvgIpc) is 2.83. The van der Waals surface area contributed by atoms with Crippen molar-refractivity contribution in [3.05, 3.63) is 29.2 Å². The van der Waals surface area contributed by atoms with Crippen molar-refractivity contribution in [2.24, 2.45) is 5.10 Å². The molecule has 0 amide bonds. The average molecular weight is 238 g/mol. The second-order valence-electron chi connectivity index (χ2n) is 2.89. The molecule has 4 nitrogen and oxygen atoms in total. The van der Waals surface area contributed by atoms with E-state index in [1.807, 2.05) is 6.21 Å². The number of thiophene rings is 1. The Balaban J connectivity index is 2.23. The van der Waals surface area contributed by atoms with Crippen molar-refractivity contribution < 1.29 is 0 Å². The summed E-state index contributed by atoms with van der Waals surface area (Å²) in [6.45, 7) is 2.10. The van der Waals surface area contributed by atoms with Gasteiger partial charge in [0, 0.05) is 10.4 Å². The molecule has 0 aliphatic heterocycles. The van der Waals surface area contributed by atoms with Crippen molar-refractivity contribution in [2.45, 2.75) is 11.1 Å². The normalized spacial score (nSPS) is 11.3. The highest BCUT2D eigenvalue weighted by atomic mass is 32.2. The van der Waals surface area contributed by atoms with Gasteiger partial charge in [0.2, 0.25) is 0 Å². The van der Waals surface area contributed by atoms with Crippen molar-refractivity contribution >= 4 is 29.3 Å². The van der Waals surface area contributed by atoms with E-state index in [9.17, 15) is 0 Å². The van der Waals surface area contributed by atoms with Crippen LogP contribution in [-0.2, 0) is 0 Å². The first kappa shape index (κ1) is 10.4. The molecule has 15 heavy (non-hydrogen) atoms. The molecule has 2 aromatic rings. The summed E-state index contributed by atoms with van der Waals surface area (Å²) in [6.07, 6.45) is 7.03. The van der Waals surface area contributed by atoms with Crippen LogP contribution in [0.25, 0.3) is 0 Å². The maximum Gasteiger partial charge on any atom is 0.141 e. The molecule has 2 heterocycles. The van der Waals surface area contributed by atoms with Crippen molar-refractivity contribution in [2.75, 3.05) is 6.26 Å². The van der Waals surface area contributed by atoms with Gasteiger partial charge in [-0.2, -0.15) is 5.10 Å². The van der Waals surface area contributed by atoms with E-state index in [1.54, 1.807) is 40.4 Å². The van der Waals surface area contributed by atoms with Crippen LogP contribution in [0.15, 0.2) is 28.0 Å². The lowest BCUT2D eigenvalue weighted by Gasteiger charge is -1.92. The van der Waals surface area contributed by atoms with Gasteiger partial charge < -0.3 is 0 Å². The molecule has 0 fully saturated rings. The number of thioether (sulfide) groups is 1. The summed E-state index contributed by atoms with van der Waals surface area (Å²) in [7, 11) is 0. The van der Waals surface area contributed by atoms with Crippen LogP contribution in [-0.4, -0.2) is 27.3 Å². The molecule has 0 saturated carbocycles. The summed E-state index contributed by atoms with van der Waals surface area (Å²) in [5.41, 5.74) is 1.15. The quantitative estimate of drug-likeness (QED) is 0.608. The Morgan fingerprint density at radius 1 is 1.47 bits per heavy atom. The molecule has 0 spiro atoms. The van der Waals surface area contributed by atoms with E-state index < -0.39 is 0 Å². The van der Waals surface area contributed by atoms with Gasteiger partial charge in [-0.15, -0.1) is 33.3 Å². The molecular formula is C9H10N4S2. The van der Waals surface area contributed by atoms with Gasteiger partial charge in [0.05, 0.1) is 10.4 Å². The molecule has 0 saturated heterocycles. The second kappa shape index (κ2) is 4.59. The van der Waals surface area contributed by atoms with E-state index in [2.05, 4.69) is 34.5 Å². The van der Waals surface area contributed by atoms with Crippen LogP contribution in [0.4, 0.5) is 0 Å². The smallest absolute Gasteiger partial charge is 0.141 e. The number of aryl methyl sites for hydroxylation is 1. The van der Waals surface area contributed by atoms with Crippen LogP contribution < -0.4 is 0 Å².